The molecule has 6 nitrogen and oxygen atoms in total. The molecule has 0 aromatic heterocycles. The van der Waals surface area contributed by atoms with E-state index in [1.165, 1.54) is 37.6 Å². The molecule has 0 spiro atoms. The predicted molar refractivity (Wildman–Crippen MR) is 107 cm³/mol. The van der Waals surface area contributed by atoms with E-state index in [0.717, 1.165) is 19.3 Å². The first-order valence-corrected chi connectivity index (χ1v) is 11.2. The Morgan fingerprint density at radius 3 is 2.26 bits per heavy atom. The SMILES string of the molecule is C=C(C)C=CP(O)C(=O)[C@H]1O[C@](O)(CCCCCCCCCC)[C@@H](O)[C@@H]1O. The van der Waals surface area contributed by atoms with Crippen LogP contribution in [0, 0.1) is 0 Å². The molecule has 0 radical (unpaired) electrons. The first-order chi connectivity index (χ1) is 12.7. The molecular weight excluding hydrogens is 367 g/mol. The molecular formula is C20H35O6P. The zero-order chi connectivity index (χ0) is 20.4. The second-order valence-electron chi connectivity index (χ2n) is 7.39. The number of ether oxygens (including phenoxy) is 1. The minimum Gasteiger partial charge on any atom is -0.387 e. The molecule has 0 amide bonds. The molecule has 0 aliphatic carbocycles. The van der Waals surface area contributed by atoms with Gasteiger partial charge in [-0.2, -0.15) is 0 Å². The molecule has 27 heavy (non-hydrogen) atoms. The van der Waals surface area contributed by atoms with E-state index in [-0.39, 0.29) is 6.42 Å². The molecule has 156 valence electrons. The highest BCUT2D eigenvalue weighted by Gasteiger charge is 2.55. The third-order valence-corrected chi connectivity index (χ3v) is 5.92. The Morgan fingerprint density at radius 2 is 1.70 bits per heavy atom. The van der Waals surface area contributed by atoms with Crippen LogP contribution in [-0.2, 0) is 9.53 Å². The van der Waals surface area contributed by atoms with Crippen molar-refractivity contribution in [2.24, 2.45) is 0 Å². The van der Waals surface area contributed by atoms with Gasteiger partial charge in [0.1, 0.15) is 20.4 Å². The van der Waals surface area contributed by atoms with Crippen LogP contribution in [0.15, 0.2) is 24.0 Å². The van der Waals surface area contributed by atoms with Gasteiger partial charge < -0.3 is 24.9 Å². The zero-order valence-corrected chi connectivity index (χ0v) is 17.4. The molecule has 1 aliphatic heterocycles. The van der Waals surface area contributed by atoms with Crippen molar-refractivity contribution >= 4 is 13.7 Å². The zero-order valence-electron chi connectivity index (χ0n) is 16.5. The summed E-state index contributed by atoms with van der Waals surface area (Å²) in [5.41, 5.74) is -0.0654. The summed E-state index contributed by atoms with van der Waals surface area (Å²) in [6, 6.07) is 0. The summed E-state index contributed by atoms with van der Waals surface area (Å²) in [7, 11) is -2.19. The number of hydrogen-bond donors (Lipinski definition) is 4. The van der Waals surface area contributed by atoms with Crippen molar-refractivity contribution in [3.05, 3.63) is 24.0 Å². The smallest absolute Gasteiger partial charge is 0.216 e. The number of allylic oxidation sites excluding steroid dienone is 2. The first-order valence-electron chi connectivity index (χ1n) is 9.85. The largest absolute Gasteiger partial charge is 0.387 e. The predicted octanol–water partition coefficient (Wildman–Crippen LogP) is 3.33. The van der Waals surface area contributed by atoms with E-state index in [9.17, 15) is 25.0 Å². The van der Waals surface area contributed by atoms with Gasteiger partial charge in [-0.05, 0) is 19.2 Å². The van der Waals surface area contributed by atoms with E-state index in [1.807, 2.05) is 0 Å². The van der Waals surface area contributed by atoms with Crippen molar-refractivity contribution in [1.82, 2.24) is 0 Å². The second kappa shape index (κ2) is 12.1. The van der Waals surface area contributed by atoms with Gasteiger partial charge in [0.15, 0.2) is 11.9 Å². The molecule has 0 aromatic rings. The molecule has 1 unspecified atom stereocenters. The minimum atomic E-state index is -2.19. The lowest BCUT2D eigenvalue weighted by Gasteiger charge is -2.25. The molecule has 0 saturated carbocycles. The fourth-order valence-corrected chi connectivity index (χ4v) is 4.12. The Hall–Kier alpha value is -0.620. The Bertz CT molecular complexity index is 509. The van der Waals surface area contributed by atoms with Crippen molar-refractivity contribution < 1.29 is 29.7 Å². The number of rotatable bonds is 13. The Morgan fingerprint density at radius 1 is 1.15 bits per heavy atom. The van der Waals surface area contributed by atoms with Crippen LogP contribution in [0.5, 0.6) is 0 Å². The molecule has 1 heterocycles. The third-order valence-electron chi connectivity index (χ3n) is 4.78. The molecule has 1 fully saturated rings. The molecule has 1 aliphatic rings. The van der Waals surface area contributed by atoms with Gasteiger partial charge >= 0.3 is 0 Å². The van der Waals surface area contributed by atoms with Gasteiger partial charge in [-0.25, -0.2) is 0 Å². The van der Waals surface area contributed by atoms with Gasteiger partial charge in [0, 0.05) is 6.42 Å². The maximum Gasteiger partial charge on any atom is 0.216 e. The second-order valence-corrected chi connectivity index (χ2v) is 8.82. The standard InChI is InChI=1S/C20H35O6P/c1-4-5-6-7-8-9-10-11-13-20(24)18(22)16(21)17(26-20)19(23)27(25)14-12-15(2)3/h12,14,16-18,21-22,24-25H,2,4-11,13H2,1,3H3/t16-,17+,18+,20-,27?/m1/s1. The topological polar surface area (TPSA) is 107 Å². The lowest BCUT2D eigenvalue weighted by Crippen LogP contribution is -2.43. The van der Waals surface area contributed by atoms with Crippen LogP contribution >= 0.6 is 8.15 Å². The monoisotopic (exact) mass is 402 g/mol. The van der Waals surface area contributed by atoms with Crippen molar-refractivity contribution in [2.45, 2.75) is 95.7 Å². The summed E-state index contributed by atoms with van der Waals surface area (Å²) in [6.07, 6.45) is 5.64. The number of carbonyl (C=O) groups excluding carboxylic acids is 1. The number of hydrogen-bond acceptors (Lipinski definition) is 6. The fraction of sp³-hybridized carbons (Fsp3) is 0.750. The molecule has 5 atom stereocenters. The average molecular weight is 402 g/mol. The van der Waals surface area contributed by atoms with Gasteiger partial charge in [0.25, 0.3) is 0 Å². The molecule has 1 saturated heterocycles. The van der Waals surface area contributed by atoms with E-state index in [2.05, 4.69) is 13.5 Å². The Kier molecular flexibility index (Phi) is 10.9. The number of unbranched alkanes of at least 4 members (excludes halogenated alkanes) is 7. The summed E-state index contributed by atoms with van der Waals surface area (Å²) in [6.45, 7) is 7.54. The summed E-state index contributed by atoms with van der Waals surface area (Å²) in [5, 5.41) is 30.8. The minimum absolute atomic E-state index is 0.134. The van der Waals surface area contributed by atoms with Gasteiger partial charge in [-0.3, -0.25) is 4.79 Å². The van der Waals surface area contributed by atoms with Crippen LogP contribution in [0.4, 0.5) is 0 Å². The maximum absolute atomic E-state index is 12.3. The van der Waals surface area contributed by atoms with Gasteiger partial charge in [0.2, 0.25) is 5.52 Å². The third kappa shape index (κ3) is 7.72. The van der Waals surface area contributed by atoms with Crippen LogP contribution in [0.3, 0.4) is 0 Å². The normalized spacial score (nSPS) is 29.3. The van der Waals surface area contributed by atoms with E-state index < -0.39 is 37.8 Å². The number of carbonyl (C=O) groups is 1. The van der Waals surface area contributed by atoms with E-state index in [0.29, 0.717) is 12.0 Å². The molecule has 0 bridgehead atoms. The lowest BCUT2D eigenvalue weighted by molar-refractivity contribution is -0.229. The molecule has 1 rings (SSSR count). The highest BCUT2D eigenvalue weighted by Crippen LogP contribution is 2.42. The molecule has 4 N–H and O–H groups in total. The van der Waals surface area contributed by atoms with Crippen molar-refractivity contribution in [1.29, 1.82) is 0 Å². The van der Waals surface area contributed by atoms with Gasteiger partial charge in [-0.15, -0.1) is 0 Å². The van der Waals surface area contributed by atoms with Crippen LogP contribution < -0.4 is 0 Å². The summed E-state index contributed by atoms with van der Waals surface area (Å²) in [4.78, 5) is 22.3. The summed E-state index contributed by atoms with van der Waals surface area (Å²) >= 11 is 0. The summed E-state index contributed by atoms with van der Waals surface area (Å²) in [5.74, 6) is -0.658. The van der Waals surface area contributed by atoms with Crippen molar-refractivity contribution in [3.8, 4) is 0 Å². The Balaban J connectivity index is 2.48. The quantitative estimate of drug-likeness (QED) is 0.214. The molecule has 0 aromatic carbocycles. The van der Waals surface area contributed by atoms with E-state index >= 15 is 0 Å². The van der Waals surface area contributed by atoms with Gasteiger partial charge in [-0.1, -0.05) is 70.1 Å². The van der Waals surface area contributed by atoms with Gasteiger partial charge in [0.05, 0.1) is 0 Å². The Labute approximate surface area is 163 Å². The lowest BCUT2D eigenvalue weighted by atomic mass is 9.99. The first kappa shape index (κ1) is 24.4. The highest BCUT2D eigenvalue weighted by atomic mass is 31.1. The van der Waals surface area contributed by atoms with Crippen LogP contribution in [0.2, 0.25) is 0 Å². The fourth-order valence-electron chi connectivity index (χ4n) is 3.11. The summed E-state index contributed by atoms with van der Waals surface area (Å²) < 4.78 is 5.33. The maximum atomic E-state index is 12.3. The highest BCUT2D eigenvalue weighted by molar-refractivity contribution is 7.72. The number of aliphatic hydroxyl groups is 3. The van der Waals surface area contributed by atoms with Crippen LogP contribution in [0.25, 0.3) is 0 Å². The van der Waals surface area contributed by atoms with Crippen LogP contribution in [0.1, 0.15) is 71.6 Å². The van der Waals surface area contributed by atoms with E-state index in [4.69, 9.17) is 4.74 Å². The van der Waals surface area contributed by atoms with Crippen LogP contribution in [-0.4, -0.2) is 49.8 Å². The number of aliphatic hydroxyl groups excluding tert-OH is 2. The molecule has 7 heteroatoms. The van der Waals surface area contributed by atoms with E-state index in [1.54, 1.807) is 6.92 Å². The average Bonchev–Trinajstić information content (AvgIpc) is 2.86. The van der Waals surface area contributed by atoms with Crippen molar-refractivity contribution in [3.63, 3.8) is 0 Å². The van der Waals surface area contributed by atoms with Crippen molar-refractivity contribution in [2.75, 3.05) is 0 Å².